The van der Waals surface area contributed by atoms with E-state index in [4.69, 9.17) is 0 Å². The minimum atomic E-state index is -3.11. The van der Waals surface area contributed by atoms with E-state index in [1.165, 1.54) is 0 Å². The molecule has 0 fully saturated rings. The van der Waals surface area contributed by atoms with E-state index >= 15 is 0 Å². The highest BCUT2D eigenvalue weighted by Crippen LogP contribution is 2.16. The molecule has 0 aliphatic rings. The largest absolute Gasteiger partial charge is 0.380 e. The number of hydrogen-bond donors (Lipinski definition) is 1. The van der Waals surface area contributed by atoms with Crippen LogP contribution in [0.2, 0.25) is 0 Å². The van der Waals surface area contributed by atoms with Gasteiger partial charge in [0.15, 0.2) is 9.84 Å². The third kappa shape index (κ3) is 4.52. The minimum Gasteiger partial charge on any atom is -0.380 e. The van der Waals surface area contributed by atoms with E-state index in [1.807, 2.05) is 6.92 Å². The zero-order chi connectivity index (χ0) is 12.9. The highest BCUT2D eigenvalue weighted by molar-refractivity contribution is 9.11. The fourth-order valence-electron chi connectivity index (χ4n) is 1.36. The molecule has 1 rings (SSSR count). The lowest BCUT2D eigenvalue weighted by molar-refractivity contribution is 0.595. The highest BCUT2D eigenvalue weighted by atomic mass is 79.9. The van der Waals surface area contributed by atoms with Gasteiger partial charge >= 0.3 is 0 Å². The van der Waals surface area contributed by atoms with Crippen LogP contribution in [0.4, 0.5) is 5.69 Å². The first-order valence-electron chi connectivity index (χ1n) is 5.35. The van der Waals surface area contributed by atoms with Crippen molar-refractivity contribution >= 4 is 31.5 Å². The van der Waals surface area contributed by atoms with Gasteiger partial charge in [0.1, 0.15) is 0 Å². The fraction of sp³-hybridized carbons (Fsp3) is 0.333. The molecule has 94 valence electrons. The molecule has 0 radical (unpaired) electrons. The summed E-state index contributed by atoms with van der Waals surface area (Å²) in [4.78, 5) is 0.377. The van der Waals surface area contributed by atoms with Gasteiger partial charge in [0.2, 0.25) is 0 Å². The maximum absolute atomic E-state index is 11.8. The summed E-state index contributed by atoms with van der Waals surface area (Å²) in [5, 5.41) is 3.11. The summed E-state index contributed by atoms with van der Waals surface area (Å²) >= 11 is 3.25. The smallest absolute Gasteiger partial charge is 0.178 e. The Morgan fingerprint density at radius 1 is 1.35 bits per heavy atom. The Morgan fingerprint density at radius 3 is 2.41 bits per heavy atom. The highest BCUT2D eigenvalue weighted by Gasteiger charge is 2.12. The molecule has 1 aromatic rings. The second-order valence-electron chi connectivity index (χ2n) is 3.71. The van der Waals surface area contributed by atoms with Crippen LogP contribution >= 0.6 is 15.9 Å². The van der Waals surface area contributed by atoms with Crippen LogP contribution in [0.1, 0.15) is 13.3 Å². The number of sulfone groups is 1. The van der Waals surface area contributed by atoms with E-state index in [9.17, 15) is 8.42 Å². The normalized spacial score (nSPS) is 11.2. The molecule has 0 saturated carbocycles. The molecule has 0 unspecified atom stereocenters. The first-order chi connectivity index (χ1) is 7.95. The molecule has 0 heterocycles. The molecule has 0 saturated heterocycles. The number of anilines is 1. The summed E-state index contributed by atoms with van der Waals surface area (Å²) < 4.78 is 24.4. The van der Waals surface area contributed by atoms with Crippen LogP contribution in [0, 0.1) is 0 Å². The first kappa shape index (κ1) is 14.3. The molecule has 0 spiro atoms. The molecule has 5 heteroatoms. The van der Waals surface area contributed by atoms with Gasteiger partial charge in [-0.15, -0.1) is 0 Å². The second kappa shape index (κ2) is 6.21. The number of rotatable bonds is 6. The van der Waals surface area contributed by atoms with Gasteiger partial charge in [0, 0.05) is 16.7 Å². The quantitative estimate of drug-likeness (QED) is 0.876. The van der Waals surface area contributed by atoms with Crippen molar-refractivity contribution in [1.29, 1.82) is 0 Å². The second-order valence-corrected chi connectivity index (χ2v) is 6.94. The lowest BCUT2D eigenvalue weighted by Crippen LogP contribution is -2.06. The molecule has 0 aromatic heterocycles. The maximum atomic E-state index is 11.8. The predicted octanol–water partition coefficient (Wildman–Crippen LogP) is 3.19. The minimum absolute atomic E-state index is 0.192. The first-order valence-corrected chi connectivity index (χ1v) is 7.80. The summed E-state index contributed by atoms with van der Waals surface area (Å²) in [6.45, 7) is 6.18. The maximum Gasteiger partial charge on any atom is 0.178 e. The average Bonchev–Trinajstić information content (AvgIpc) is 2.27. The van der Waals surface area contributed by atoms with Gasteiger partial charge in [-0.3, -0.25) is 0 Å². The Morgan fingerprint density at radius 2 is 1.94 bits per heavy atom. The summed E-state index contributed by atoms with van der Waals surface area (Å²) in [6.07, 6.45) is 0.631. The Hall–Kier alpha value is -0.810. The SMILES string of the molecule is C=C(Br)CNc1ccc(S(=O)(=O)CCC)cc1. The van der Waals surface area contributed by atoms with E-state index < -0.39 is 9.84 Å². The van der Waals surface area contributed by atoms with Crippen molar-refractivity contribution in [1.82, 2.24) is 0 Å². The topological polar surface area (TPSA) is 46.2 Å². The van der Waals surface area contributed by atoms with Crippen LogP contribution < -0.4 is 5.32 Å². The Balaban J connectivity index is 2.78. The summed E-state index contributed by atoms with van der Waals surface area (Å²) in [7, 11) is -3.11. The van der Waals surface area contributed by atoms with Crippen LogP contribution in [0.15, 0.2) is 40.2 Å². The summed E-state index contributed by atoms with van der Waals surface area (Å²) in [5.41, 5.74) is 0.876. The van der Waals surface area contributed by atoms with E-state index in [1.54, 1.807) is 24.3 Å². The van der Waals surface area contributed by atoms with Crippen LogP contribution in [0.5, 0.6) is 0 Å². The van der Waals surface area contributed by atoms with Gasteiger partial charge in [0.05, 0.1) is 10.6 Å². The molecular weight excluding hydrogens is 302 g/mol. The number of hydrogen-bond acceptors (Lipinski definition) is 3. The Labute approximate surface area is 111 Å². The third-order valence-corrected chi connectivity index (χ3v) is 4.39. The van der Waals surface area contributed by atoms with E-state index in [2.05, 4.69) is 27.8 Å². The molecular formula is C12H16BrNO2S. The number of halogens is 1. The molecule has 0 amide bonds. The van der Waals surface area contributed by atoms with E-state index in [-0.39, 0.29) is 5.75 Å². The van der Waals surface area contributed by atoms with Gasteiger partial charge < -0.3 is 5.32 Å². The number of benzene rings is 1. The van der Waals surface area contributed by atoms with Crippen molar-refractivity contribution in [2.75, 3.05) is 17.6 Å². The zero-order valence-electron chi connectivity index (χ0n) is 9.74. The predicted molar refractivity (Wildman–Crippen MR) is 75.3 cm³/mol. The monoisotopic (exact) mass is 317 g/mol. The van der Waals surface area contributed by atoms with Crippen molar-refractivity contribution in [3.8, 4) is 0 Å². The lowest BCUT2D eigenvalue weighted by Gasteiger charge is -2.07. The summed E-state index contributed by atoms with van der Waals surface area (Å²) in [6, 6.07) is 6.78. The molecule has 1 N–H and O–H groups in total. The van der Waals surface area contributed by atoms with Crippen molar-refractivity contribution in [3.63, 3.8) is 0 Å². The Bertz CT molecular complexity index is 480. The molecule has 3 nitrogen and oxygen atoms in total. The van der Waals surface area contributed by atoms with Crippen molar-refractivity contribution < 1.29 is 8.42 Å². The van der Waals surface area contributed by atoms with Gasteiger partial charge in [-0.05, 0) is 30.7 Å². The molecule has 0 bridgehead atoms. The molecule has 0 atom stereocenters. The van der Waals surface area contributed by atoms with Gasteiger partial charge in [-0.2, -0.15) is 0 Å². The fourth-order valence-corrected chi connectivity index (χ4v) is 2.83. The van der Waals surface area contributed by atoms with Crippen molar-refractivity contribution in [2.45, 2.75) is 18.2 Å². The number of nitrogens with one attached hydrogen (secondary N) is 1. The third-order valence-electron chi connectivity index (χ3n) is 2.17. The zero-order valence-corrected chi connectivity index (χ0v) is 12.1. The Kier molecular flexibility index (Phi) is 5.21. The average molecular weight is 318 g/mol. The molecule has 0 aliphatic heterocycles. The van der Waals surface area contributed by atoms with Gasteiger partial charge in [-0.1, -0.05) is 29.4 Å². The van der Waals surface area contributed by atoms with Crippen LogP contribution in [0.25, 0.3) is 0 Å². The molecule has 0 aliphatic carbocycles. The molecule has 1 aromatic carbocycles. The standard InChI is InChI=1S/C12H16BrNO2S/c1-3-8-17(15,16)12-6-4-11(5-7-12)14-9-10(2)13/h4-7,14H,2-3,8-9H2,1H3. The van der Waals surface area contributed by atoms with Crippen molar-refractivity contribution in [3.05, 3.63) is 35.3 Å². The van der Waals surface area contributed by atoms with Gasteiger partial charge in [0.25, 0.3) is 0 Å². The van der Waals surface area contributed by atoms with Crippen LogP contribution in [0.3, 0.4) is 0 Å². The van der Waals surface area contributed by atoms with Gasteiger partial charge in [-0.25, -0.2) is 8.42 Å². The van der Waals surface area contributed by atoms with Crippen LogP contribution in [-0.2, 0) is 9.84 Å². The lowest BCUT2D eigenvalue weighted by atomic mass is 10.3. The molecule has 17 heavy (non-hydrogen) atoms. The summed E-state index contributed by atoms with van der Waals surface area (Å²) in [5.74, 6) is 0.192. The van der Waals surface area contributed by atoms with E-state index in [0.717, 1.165) is 10.2 Å². The van der Waals surface area contributed by atoms with Crippen molar-refractivity contribution in [2.24, 2.45) is 0 Å². The van der Waals surface area contributed by atoms with E-state index in [0.29, 0.717) is 17.9 Å². The van der Waals surface area contributed by atoms with Crippen LogP contribution in [-0.4, -0.2) is 20.7 Å².